The summed E-state index contributed by atoms with van der Waals surface area (Å²) in [6, 6.07) is 15.2. The van der Waals surface area contributed by atoms with Gasteiger partial charge < -0.3 is 4.57 Å². The van der Waals surface area contributed by atoms with Gasteiger partial charge in [-0.15, -0.1) is 0 Å². The average molecular weight is 205 g/mol. The van der Waals surface area contributed by atoms with E-state index in [1.807, 2.05) is 0 Å². The van der Waals surface area contributed by atoms with Crippen molar-refractivity contribution in [1.82, 2.24) is 4.57 Å². The van der Waals surface area contributed by atoms with Crippen LogP contribution in [0.2, 0.25) is 0 Å². The summed E-state index contributed by atoms with van der Waals surface area (Å²) in [5.41, 5.74) is 4.06. The molecule has 0 spiro atoms. The van der Waals surface area contributed by atoms with Crippen molar-refractivity contribution in [2.75, 3.05) is 0 Å². The molecule has 1 aliphatic rings. The Kier molecular flexibility index (Phi) is 1.41. The van der Waals surface area contributed by atoms with Gasteiger partial charge in [0.2, 0.25) is 0 Å². The van der Waals surface area contributed by atoms with Gasteiger partial charge in [-0.2, -0.15) is 0 Å². The smallest absolute Gasteiger partial charge is 0.0567 e. The lowest BCUT2D eigenvalue weighted by Crippen LogP contribution is -1.99. The maximum Gasteiger partial charge on any atom is 0.0567 e. The van der Waals surface area contributed by atoms with Gasteiger partial charge in [-0.05, 0) is 11.6 Å². The van der Waals surface area contributed by atoms with Crippen LogP contribution in [-0.4, -0.2) is 4.57 Å². The lowest BCUT2D eigenvalue weighted by atomic mass is 10.1. The minimum Gasteiger partial charge on any atom is -0.336 e. The molecule has 0 radical (unpaired) electrons. The first kappa shape index (κ1) is 8.17. The van der Waals surface area contributed by atoms with Gasteiger partial charge >= 0.3 is 0 Å². The highest BCUT2D eigenvalue weighted by atomic mass is 15.0. The van der Waals surface area contributed by atoms with Crippen molar-refractivity contribution in [3.8, 4) is 0 Å². The molecule has 4 rings (SSSR count). The molecular formula is C15H11N. The molecule has 0 bridgehead atoms. The fraction of sp³-hybridized carbons (Fsp3) is 0.0667. The highest BCUT2D eigenvalue weighted by molar-refractivity contribution is 6.10. The van der Waals surface area contributed by atoms with Gasteiger partial charge in [0.05, 0.1) is 5.52 Å². The minimum absolute atomic E-state index is 0.987. The normalized spacial score (nSPS) is 13.8. The zero-order valence-electron chi connectivity index (χ0n) is 8.85. The number of fused-ring (bicyclic) bond motifs is 3. The van der Waals surface area contributed by atoms with E-state index in [1.165, 1.54) is 27.4 Å². The number of para-hydroxylation sites is 2. The fourth-order valence-electron chi connectivity index (χ4n) is 2.75. The number of aromatic nitrogens is 1. The van der Waals surface area contributed by atoms with E-state index in [1.54, 1.807) is 0 Å². The SMILES string of the molecule is C1=Cc2cccc3c4ccccc4n(c23)C1. The molecule has 16 heavy (non-hydrogen) atoms. The van der Waals surface area contributed by atoms with Gasteiger partial charge in [-0.25, -0.2) is 0 Å². The predicted molar refractivity (Wildman–Crippen MR) is 68.5 cm³/mol. The lowest BCUT2D eigenvalue weighted by Gasteiger charge is -2.10. The number of allylic oxidation sites excluding steroid dienone is 1. The molecule has 0 saturated carbocycles. The van der Waals surface area contributed by atoms with Gasteiger partial charge in [0.1, 0.15) is 0 Å². The van der Waals surface area contributed by atoms with Crippen LogP contribution in [0.5, 0.6) is 0 Å². The van der Waals surface area contributed by atoms with E-state index in [0.29, 0.717) is 0 Å². The summed E-state index contributed by atoms with van der Waals surface area (Å²) < 4.78 is 2.40. The van der Waals surface area contributed by atoms with E-state index < -0.39 is 0 Å². The molecule has 0 fully saturated rings. The molecule has 2 heterocycles. The van der Waals surface area contributed by atoms with Crippen LogP contribution in [-0.2, 0) is 6.54 Å². The Morgan fingerprint density at radius 3 is 2.75 bits per heavy atom. The van der Waals surface area contributed by atoms with Crippen LogP contribution in [0, 0.1) is 0 Å². The molecule has 3 aromatic rings. The van der Waals surface area contributed by atoms with Crippen LogP contribution >= 0.6 is 0 Å². The average Bonchev–Trinajstić information content (AvgIpc) is 2.68. The molecule has 1 nitrogen and oxygen atoms in total. The number of nitrogens with zero attached hydrogens (tertiary/aromatic N) is 1. The number of benzene rings is 2. The van der Waals surface area contributed by atoms with Crippen LogP contribution < -0.4 is 0 Å². The van der Waals surface area contributed by atoms with Crippen molar-refractivity contribution in [3.63, 3.8) is 0 Å². The Balaban J connectivity index is 2.39. The first-order valence-corrected chi connectivity index (χ1v) is 5.62. The summed E-state index contributed by atoms with van der Waals surface area (Å²) >= 11 is 0. The molecule has 0 atom stereocenters. The van der Waals surface area contributed by atoms with Gasteiger partial charge in [0.25, 0.3) is 0 Å². The van der Waals surface area contributed by atoms with Crippen molar-refractivity contribution < 1.29 is 0 Å². The Bertz CT molecular complexity index is 732. The third kappa shape index (κ3) is 0.860. The van der Waals surface area contributed by atoms with Gasteiger partial charge in [-0.3, -0.25) is 0 Å². The number of hydrogen-bond acceptors (Lipinski definition) is 0. The standard InChI is InChI=1S/C15H11N/c1-2-9-14-12(7-1)13-8-3-5-11-6-4-10-16(14)15(11)13/h1-9H,10H2. The Labute approximate surface area is 93.6 Å². The molecule has 0 unspecified atom stereocenters. The second-order valence-corrected chi connectivity index (χ2v) is 4.27. The van der Waals surface area contributed by atoms with Crippen molar-refractivity contribution in [1.29, 1.82) is 0 Å². The molecular weight excluding hydrogens is 194 g/mol. The molecule has 1 heteroatoms. The number of rotatable bonds is 0. The molecule has 1 aliphatic heterocycles. The highest BCUT2D eigenvalue weighted by Crippen LogP contribution is 2.33. The van der Waals surface area contributed by atoms with Crippen LogP contribution in [0.3, 0.4) is 0 Å². The Morgan fingerprint density at radius 1 is 0.875 bits per heavy atom. The van der Waals surface area contributed by atoms with Gasteiger partial charge in [0, 0.05) is 22.8 Å². The zero-order valence-corrected chi connectivity index (χ0v) is 8.85. The summed E-state index contributed by atoms with van der Waals surface area (Å²) in [7, 11) is 0. The summed E-state index contributed by atoms with van der Waals surface area (Å²) in [5, 5.41) is 2.74. The molecule has 0 saturated heterocycles. The summed E-state index contributed by atoms with van der Waals surface area (Å²) in [5.74, 6) is 0. The zero-order chi connectivity index (χ0) is 10.5. The van der Waals surface area contributed by atoms with Crippen LogP contribution in [0.25, 0.3) is 27.9 Å². The molecule has 0 aliphatic carbocycles. The molecule has 0 amide bonds. The van der Waals surface area contributed by atoms with E-state index in [4.69, 9.17) is 0 Å². The summed E-state index contributed by atoms with van der Waals surface area (Å²) in [4.78, 5) is 0. The predicted octanol–water partition coefficient (Wildman–Crippen LogP) is 3.82. The number of hydrogen-bond donors (Lipinski definition) is 0. The molecule has 2 aromatic carbocycles. The van der Waals surface area contributed by atoms with Crippen LogP contribution in [0.4, 0.5) is 0 Å². The third-order valence-corrected chi connectivity index (χ3v) is 3.41. The molecule has 1 aromatic heterocycles. The topological polar surface area (TPSA) is 4.93 Å². The van der Waals surface area contributed by atoms with E-state index >= 15 is 0 Å². The quantitative estimate of drug-likeness (QED) is 0.525. The van der Waals surface area contributed by atoms with E-state index in [2.05, 4.69) is 59.2 Å². The maximum absolute atomic E-state index is 2.40. The molecule has 76 valence electrons. The lowest BCUT2D eigenvalue weighted by molar-refractivity contribution is 0.893. The minimum atomic E-state index is 0.987. The first-order valence-electron chi connectivity index (χ1n) is 5.62. The van der Waals surface area contributed by atoms with Crippen molar-refractivity contribution in [2.45, 2.75) is 6.54 Å². The van der Waals surface area contributed by atoms with Crippen molar-refractivity contribution in [2.24, 2.45) is 0 Å². The first-order chi connectivity index (χ1) is 7.95. The fourth-order valence-corrected chi connectivity index (χ4v) is 2.75. The maximum atomic E-state index is 2.40. The summed E-state index contributed by atoms with van der Waals surface area (Å²) in [6.07, 6.45) is 4.45. The van der Waals surface area contributed by atoms with E-state index in [0.717, 1.165) is 6.54 Å². The van der Waals surface area contributed by atoms with E-state index in [9.17, 15) is 0 Å². The molecule has 0 N–H and O–H groups in total. The second kappa shape index (κ2) is 2.76. The van der Waals surface area contributed by atoms with Gasteiger partial charge in [-0.1, -0.05) is 48.6 Å². The van der Waals surface area contributed by atoms with Crippen LogP contribution in [0.15, 0.2) is 48.5 Å². The Morgan fingerprint density at radius 2 is 1.75 bits per heavy atom. The van der Waals surface area contributed by atoms with Gasteiger partial charge in [0.15, 0.2) is 0 Å². The third-order valence-electron chi connectivity index (χ3n) is 3.41. The second-order valence-electron chi connectivity index (χ2n) is 4.27. The summed E-state index contributed by atoms with van der Waals surface area (Å²) in [6.45, 7) is 0.987. The van der Waals surface area contributed by atoms with E-state index in [-0.39, 0.29) is 0 Å². The van der Waals surface area contributed by atoms with Crippen LogP contribution in [0.1, 0.15) is 5.56 Å². The largest absolute Gasteiger partial charge is 0.336 e. The van der Waals surface area contributed by atoms with Crippen molar-refractivity contribution >= 4 is 27.9 Å². The Hall–Kier alpha value is -2.02. The van der Waals surface area contributed by atoms with Crippen molar-refractivity contribution in [3.05, 3.63) is 54.1 Å². The highest BCUT2D eigenvalue weighted by Gasteiger charge is 2.13. The monoisotopic (exact) mass is 205 g/mol.